The Morgan fingerprint density at radius 2 is 1.88 bits per heavy atom. The lowest BCUT2D eigenvalue weighted by atomic mass is 9.86. The van der Waals surface area contributed by atoms with Gasteiger partial charge in [-0.05, 0) is 40.5 Å². The molecule has 1 aromatic heterocycles. The van der Waals surface area contributed by atoms with Crippen LogP contribution in [0.1, 0.15) is 26.3 Å². The van der Waals surface area contributed by atoms with Crippen LogP contribution in [0.15, 0.2) is 47.4 Å². The second-order valence-electron chi connectivity index (χ2n) is 8.75. The van der Waals surface area contributed by atoms with Gasteiger partial charge in [-0.2, -0.15) is 4.31 Å². The van der Waals surface area contributed by atoms with Crippen molar-refractivity contribution in [3.63, 3.8) is 0 Å². The molecule has 1 fully saturated rings. The first kappa shape index (κ1) is 23.1. The fraction of sp³-hybridized carbons (Fsp3) is 0.409. The standard InChI is InChI=1S/C22H27N5O5S/c1-22(2,3)17-6-4-5-7-18(17)23-21(28)15-32-27-20-14-16(8-9-19(20)24-25-27)33(29,30)26-10-12-31-13-11-26/h4-9,14H,10-13,15H2,1-3H3,(H,23,28). The lowest BCUT2D eigenvalue weighted by Crippen LogP contribution is -2.40. The summed E-state index contributed by atoms with van der Waals surface area (Å²) in [6.45, 7) is 7.19. The monoisotopic (exact) mass is 473 g/mol. The zero-order valence-electron chi connectivity index (χ0n) is 18.8. The smallest absolute Gasteiger partial charge is 0.265 e. The minimum absolute atomic E-state index is 0.104. The number of nitrogens with zero attached hydrogens (tertiary/aromatic N) is 4. The third-order valence-corrected chi connectivity index (χ3v) is 7.22. The van der Waals surface area contributed by atoms with E-state index in [-0.39, 0.29) is 22.8 Å². The quantitative estimate of drug-likeness (QED) is 0.581. The predicted molar refractivity (Wildman–Crippen MR) is 122 cm³/mol. The number of rotatable bonds is 6. The van der Waals surface area contributed by atoms with Crippen molar-refractivity contribution in [2.24, 2.45) is 0 Å². The number of aromatic nitrogens is 3. The van der Waals surface area contributed by atoms with Gasteiger partial charge in [0.2, 0.25) is 10.0 Å². The molecule has 2 aromatic carbocycles. The fourth-order valence-corrected chi connectivity index (χ4v) is 5.05. The van der Waals surface area contributed by atoms with Gasteiger partial charge in [0.1, 0.15) is 11.0 Å². The molecule has 0 spiro atoms. The number of sulfonamides is 1. The molecule has 0 radical (unpaired) electrons. The predicted octanol–water partition coefficient (Wildman–Crippen LogP) is 1.82. The van der Waals surface area contributed by atoms with Crippen LogP contribution < -0.4 is 10.2 Å². The Morgan fingerprint density at radius 3 is 2.61 bits per heavy atom. The zero-order chi connectivity index (χ0) is 23.6. The number of fused-ring (bicyclic) bond motifs is 1. The average Bonchev–Trinajstić information content (AvgIpc) is 3.20. The van der Waals surface area contributed by atoms with Crippen LogP contribution in [0, 0.1) is 0 Å². The highest BCUT2D eigenvalue weighted by Gasteiger charge is 2.27. The van der Waals surface area contributed by atoms with Crippen LogP contribution in [0.2, 0.25) is 0 Å². The zero-order valence-corrected chi connectivity index (χ0v) is 19.6. The molecule has 1 N–H and O–H groups in total. The molecular weight excluding hydrogens is 446 g/mol. The van der Waals surface area contributed by atoms with E-state index in [0.29, 0.717) is 43.0 Å². The Labute approximate surface area is 192 Å². The van der Waals surface area contributed by atoms with Gasteiger partial charge in [-0.3, -0.25) is 4.79 Å². The second kappa shape index (κ2) is 9.08. The van der Waals surface area contributed by atoms with Gasteiger partial charge in [0.25, 0.3) is 5.91 Å². The summed E-state index contributed by atoms with van der Waals surface area (Å²) < 4.78 is 32.5. The number of morpholine rings is 1. The topological polar surface area (TPSA) is 116 Å². The maximum Gasteiger partial charge on any atom is 0.265 e. The number of anilines is 1. The van der Waals surface area contributed by atoms with Crippen LogP contribution in [0.5, 0.6) is 0 Å². The maximum atomic E-state index is 13.0. The Kier molecular flexibility index (Phi) is 6.37. The van der Waals surface area contributed by atoms with Gasteiger partial charge in [-0.25, -0.2) is 8.42 Å². The van der Waals surface area contributed by atoms with E-state index in [4.69, 9.17) is 9.57 Å². The van der Waals surface area contributed by atoms with Gasteiger partial charge in [0.05, 0.1) is 18.1 Å². The van der Waals surface area contributed by atoms with Gasteiger partial charge in [0.15, 0.2) is 6.61 Å². The van der Waals surface area contributed by atoms with Crippen LogP contribution in [0.4, 0.5) is 5.69 Å². The number of amides is 1. The highest BCUT2D eigenvalue weighted by Crippen LogP contribution is 2.29. The molecular formula is C22H27N5O5S. The Hall–Kier alpha value is -3.02. The molecule has 4 rings (SSSR count). The number of carbonyl (C=O) groups is 1. The highest BCUT2D eigenvalue weighted by atomic mass is 32.2. The van der Waals surface area contributed by atoms with E-state index in [1.807, 2.05) is 24.3 Å². The molecule has 0 aliphatic carbocycles. The number of benzene rings is 2. The summed E-state index contributed by atoms with van der Waals surface area (Å²) in [6.07, 6.45) is 0. The first-order valence-electron chi connectivity index (χ1n) is 10.6. The molecule has 0 bridgehead atoms. The van der Waals surface area contributed by atoms with Crippen LogP contribution in [-0.2, 0) is 25.0 Å². The first-order valence-corrected chi connectivity index (χ1v) is 12.1. The molecule has 11 heteroatoms. The van der Waals surface area contributed by atoms with Crippen molar-refractivity contribution in [2.75, 3.05) is 38.2 Å². The van der Waals surface area contributed by atoms with Crippen molar-refractivity contribution in [1.82, 2.24) is 19.5 Å². The molecule has 0 atom stereocenters. The molecule has 176 valence electrons. The minimum atomic E-state index is -3.69. The Morgan fingerprint density at radius 1 is 1.15 bits per heavy atom. The largest absolute Gasteiger partial charge is 0.385 e. The van der Waals surface area contributed by atoms with Gasteiger partial charge in [-0.15, -0.1) is 5.10 Å². The first-order chi connectivity index (χ1) is 15.7. The van der Waals surface area contributed by atoms with Crippen LogP contribution >= 0.6 is 0 Å². The Balaban J connectivity index is 1.50. The van der Waals surface area contributed by atoms with Crippen LogP contribution in [-0.4, -0.2) is 66.7 Å². The minimum Gasteiger partial charge on any atom is -0.385 e. The second-order valence-corrected chi connectivity index (χ2v) is 10.7. The van der Waals surface area contributed by atoms with E-state index in [9.17, 15) is 13.2 Å². The molecule has 1 saturated heterocycles. The number of hydrogen-bond acceptors (Lipinski definition) is 7. The van der Waals surface area contributed by atoms with Gasteiger partial charge in [-0.1, -0.05) is 43.8 Å². The maximum absolute atomic E-state index is 13.0. The number of hydrogen-bond donors (Lipinski definition) is 1. The highest BCUT2D eigenvalue weighted by molar-refractivity contribution is 7.89. The number of carbonyl (C=O) groups excluding carboxylic acids is 1. The van der Waals surface area contributed by atoms with Crippen molar-refractivity contribution in [1.29, 1.82) is 0 Å². The SMILES string of the molecule is CC(C)(C)c1ccccc1NC(=O)COn1nnc2ccc(S(=O)(=O)N3CCOCC3)cc21. The molecule has 10 nitrogen and oxygen atoms in total. The van der Waals surface area contributed by atoms with E-state index in [0.717, 1.165) is 10.4 Å². The number of ether oxygens (including phenoxy) is 1. The van der Waals surface area contributed by atoms with E-state index in [1.165, 1.54) is 16.4 Å². The van der Waals surface area contributed by atoms with Crippen LogP contribution in [0.25, 0.3) is 11.0 Å². The van der Waals surface area contributed by atoms with Crippen molar-refractivity contribution < 1.29 is 22.8 Å². The van der Waals surface area contributed by atoms with E-state index in [2.05, 4.69) is 36.4 Å². The molecule has 0 saturated carbocycles. The Bertz CT molecular complexity index is 1260. The average molecular weight is 474 g/mol. The summed E-state index contributed by atoms with van der Waals surface area (Å²) in [7, 11) is -3.69. The third-order valence-electron chi connectivity index (χ3n) is 5.32. The third kappa shape index (κ3) is 5.00. The summed E-state index contributed by atoms with van der Waals surface area (Å²) in [4.78, 5) is 19.3. The number of nitrogens with one attached hydrogen (secondary N) is 1. The summed E-state index contributed by atoms with van der Waals surface area (Å²) in [5.74, 6) is -0.368. The van der Waals surface area contributed by atoms with Crippen molar-refractivity contribution >= 4 is 32.7 Å². The van der Waals surface area contributed by atoms with Crippen molar-refractivity contribution in [3.8, 4) is 0 Å². The van der Waals surface area contributed by atoms with E-state index >= 15 is 0 Å². The lowest BCUT2D eigenvalue weighted by molar-refractivity contribution is -0.121. The molecule has 1 aliphatic heterocycles. The van der Waals surface area contributed by atoms with E-state index < -0.39 is 10.0 Å². The van der Waals surface area contributed by atoms with Gasteiger partial charge >= 0.3 is 0 Å². The van der Waals surface area contributed by atoms with Gasteiger partial charge in [0, 0.05) is 18.8 Å². The summed E-state index contributed by atoms with van der Waals surface area (Å²) >= 11 is 0. The number of para-hydroxylation sites is 1. The normalized spacial score (nSPS) is 15.5. The molecule has 1 aliphatic rings. The molecule has 2 heterocycles. The summed E-state index contributed by atoms with van der Waals surface area (Å²) in [5, 5.41) is 10.8. The summed E-state index contributed by atoms with van der Waals surface area (Å²) in [6, 6.07) is 12.1. The molecule has 0 unspecified atom stereocenters. The molecule has 1 amide bonds. The van der Waals surface area contributed by atoms with Crippen molar-refractivity contribution in [2.45, 2.75) is 31.1 Å². The summed E-state index contributed by atoms with van der Waals surface area (Å²) in [5.41, 5.74) is 2.37. The van der Waals surface area contributed by atoms with E-state index in [1.54, 1.807) is 6.07 Å². The molecule has 3 aromatic rings. The van der Waals surface area contributed by atoms with Crippen molar-refractivity contribution in [3.05, 3.63) is 48.0 Å². The fourth-order valence-electron chi connectivity index (χ4n) is 3.62. The van der Waals surface area contributed by atoms with Crippen LogP contribution in [0.3, 0.4) is 0 Å². The molecule has 33 heavy (non-hydrogen) atoms. The lowest BCUT2D eigenvalue weighted by Gasteiger charge is -2.26. The van der Waals surface area contributed by atoms with Gasteiger partial charge < -0.3 is 14.9 Å².